The molecule has 0 fully saturated rings. The van der Waals surface area contributed by atoms with E-state index in [1.807, 2.05) is 0 Å². The van der Waals surface area contributed by atoms with Crippen LogP contribution in [0.15, 0.2) is 59.8 Å². The maximum atomic E-state index is 13.8. The Morgan fingerprint density at radius 1 is 1.12 bits per heavy atom. The predicted molar refractivity (Wildman–Crippen MR) is 115 cm³/mol. The number of nitrogens with one attached hydrogen (secondary N) is 1. The van der Waals surface area contributed by atoms with Gasteiger partial charge in [-0.25, -0.2) is 18.4 Å². The zero-order valence-corrected chi connectivity index (χ0v) is 17.5. The van der Waals surface area contributed by atoms with Crippen molar-refractivity contribution in [3.05, 3.63) is 93.1 Å². The minimum absolute atomic E-state index is 0.138. The van der Waals surface area contributed by atoms with Crippen LogP contribution in [0.2, 0.25) is 5.02 Å². The van der Waals surface area contributed by atoms with Gasteiger partial charge in [0.05, 0.1) is 25.7 Å². The first-order valence-corrected chi connectivity index (χ1v) is 10.1. The molecule has 0 bridgehead atoms. The zero-order chi connectivity index (χ0) is 22.7. The summed E-state index contributed by atoms with van der Waals surface area (Å²) in [6, 6.07) is 10.1. The van der Waals surface area contributed by atoms with Crippen LogP contribution in [0, 0.1) is 11.6 Å². The van der Waals surface area contributed by atoms with E-state index >= 15 is 0 Å². The van der Waals surface area contributed by atoms with E-state index < -0.39 is 5.82 Å². The van der Waals surface area contributed by atoms with E-state index in [9.17, 15) is 18.4 Å². The summed E-state index contributed by atoms with van der Waals surface area (Å²) >= 11 is 5.95. The van der Waals surface area contributed by atoms with Crippen LogP contribution in [0.1, 0.15) is 11.1 Å². The highest BCUT2D eigenvalue weighted by molar-refractivity contribution is 6.31. The van der Waals surface area contributed by atoms with E-state index in [0.717, 1.165) is 5.56 Å². The second kappa shape index (κ2) is 9.27. The number of amides is 1. The molecule has 7 nitrogen and oxygen atoms in total. The van der Waals surface area contributed by atoms with Crippen molar-refractivity contribution in [3.8, 4) is 0 Å². The van der Waals surface area contributed by atoms with Gasteiger partial charge in [0.1, 0.15) is 23.3 Å². The first-order valence-electron chi connectivity index (χ1n) is 9.77. The van der Waals surface area contributed by atoms with Crippen molar-refractivity contribution in [2.75, 3.05) is 6.54 Å². The molecule has 0 aliphatic carbocycles. The van der Waals surface area contributed by atoms with Crippen molar-refractivity contribution in [1.29, 1.82) is 0 Å². The van der Waals surface area contributed by atoms with Gasteiger partial charge in [-0.3, -0.25) is 14.2 Å². The Bertz CT molecular complexity index is 1310. The first-order chi connectivity index (χ1) is 15.4. The summed E-state index contributed by atoms with van der Waals surface area (Å²) < 4.78 is 29.8. The Morgan fingerprint density at radius 3 is 2.66 bits per heavy atom. The molecular weight excluding hydrogens is 440 g/mol. The molecule has 164 valence electrons. The molecule has 2 aromatic heterocycles. The van der Waals surface area contributed by atoms with Gasteiger partial charge in [0.15, 0.2) is 5.65 Å². The zero-order valence-electron chi connectivity index (χ0n) is 16.8. The van der Waals surface area contributed by atoms with E-state index in [1.54, 1.807) is 12.1 Å². The second-order valence-electron chi connectivity index (χ2n) is 7.14. The van der Waals surface area contributed by atoms with Gasteiger partial charge < -0.3 is 5.32 Å². The Kier molecular flexibility index (Phi) is 6.27. The standard InChI is InChI=1S/C22H18ClF2N5O2/c23-18-2-1-3-19(25)16(18)10-20(31)26-8-9-30-21-17(11-28-30)22(32)29(13-27-21)12-14-4-6-15(24)7-5-14/h1-7,11,13H,8-10,12H2,(H,26,31). The van der Waals surface area contributed by atoms with E-state index in [0.29, 0.717) is 11.0 Å². The van der Waals surface area contributed by atoms with Gasteiger partial charge in [-0.1, -0.05) is 29.8 Å². The van der Waals surface area contributed by atoms with Crippen LogP contribution in [-0.2, 0) is 24.3 Å². The van der Waals surface area contributed by atoms with Crippen molar-refractivity contribution in [2.24, 2.45) is 0 Å². The number of fused-ring (bicyclic) bond motifs is 1. The Labute approximate surface area is 186 Å². The minimum Gasteiger partial charge on any atom is -0.354 e. The Morgan fingerprint density at radius 2 is 1.91 bits per heavy atom. The maximum absolute atomic E-state index is 13.8. The van der Waals surface area contributed by atoms with Gasteiger partial charge in [-0.05, 0) is 29.8 Å². The van der Waals surface area contributed by atoms with Crippen molar-refractivity contribution in [1.82, 2.24) is 24.6 Å². The largest absolute Gasteiger partial charge is 0.354 e. The normalized spacial score (nSPS) is 11.1. The van der Waals surface area contributed by atoms with Crippen LogP contribution in [0.5, 0.6) is 0 Å². The Hall–Kier alpha value is -3.59. The van der Waals surface area contributed by atoms with Crippen LogP contribution in [-0.4, -0.2) is 31.8 Å². The third-order valence-electron chi connectivity index (χ3n) is 4.93. The van der Waals surface area contributed by atoms with Crippen LogP contribution < -0.4 is 10.9 Å². The number of hydrogen-bond acceptors (Lipinski definition) is 4. The number of carbonyl (C=O) groups is 1. The molecule has 32 heavy (non-hydrogen) atoms. The highest BCUT2D eigenvalue weighted by atomic mass is 35.5. The quantitative estimate of drug-likeness (QED) is 0.462. The molecule has 2 heterocycles. The molecule has 2 aromatic carbocycles. The van der Waals surface area contributed by atoms with Gasteiger partial charge in [0.2, 0.25) is 5.91 Å². The van der Waals surface area contributed by atoms with Crippen molar-refractivity contribution in [3.63, 3.8) is 0 Å². The molecule has 1 amide bonds. The summed E-state index contributed by atoms with van der Waals surface area (Å²) in [6.07, 6.45) is 2.65. The van der Waals surface area contributed by atoms with Gasteiger partial charge in [-0.15, -0.1) is 0 Å². The maximum Gasteiger partial charge on any atom is 0.264 e. The Balaban J connectivity index is 1.41. The number of aromatic nitrogens is 4. The van der Waals surface area contributed by atoms with E-state index in [1.165, 1.54) is 52.1 Å². The molecule has 4 rings (SSSR count). The third kappa shape index (κ3) is 4.67. The minimum atomic E-state index is -0.535. The van der Waals surface area contributed by atoms with Crippen molar-refractivity contribution in [2.45, 2.75) is 19.5 Å². The molecule has 0 unspecified atom stereocenters. The molecule has 0 atom stereocenters. The lowest BCUT2D eigenvalue weighted by atomic mass is 10.1. The number of nitrogens with zero attached hydrogens (tertiary/aromatic N) is 4. The molecule has 0 spiro atoms. The van der Waals surface area contributed by atoms with E-state index in [2.05, 4.69) is 15.4 Å². The summed E-state index contributed by atoms with van der Waals surface area (Å²) in [7, 11) is 0. The lowest BCUT2D eigenvalue weighted by Crippen LogP contribution is -2.29. The van der Waals surface area contributed by atoms with Gasteiger partial charge >= 0.3 is 0 Å². The predicted octanol–water partition coefficient (Wildman–Crippen LogP) is 2.93. The van der Waals surface area contributed by atoms with Gasteiger partial charge in [0, 0.05) is 17.1 Å². The molecule has 0 radical (unpaired) electrons. The average Bonchev–Trinajstić information content (AvgIpc) is 3.18. The first kappa shape index (κ1) is 21.6. The number of hydrogen-bond donors (Lipinski definition) is 1. The lowest BCUT2D eigenvalue weighted by molar-refractivity contribution is -0.120. The second-order valence-corrected chi connectivity index (χ2v) is 7.54. The third-order valence-corrected chi connectivity index (χ3v) is 5.29. The lowest BCUT2D eigenvalue weighted by Gasteiger charge is -2.09. The molecule has 0 aliphatic rings. The van der Waals surface area contributed by atoms with Crippen LogP contribution in [0.25, 0.3) is 11.0 Å². The number of carbonyl (C=O) groups excluding carboxylic acids is 1. The molecule has 10 heteroatoms. The average molecular weight is 458 g/mol. The summed E-state index contributed by atoms with van der Waals surface area (Å²) in [6.45, 7) is 0.735. The number of rotatable bonds is 7. The highest BCUT2D eigenvalue weighted by Crippen LogP contribution is 2.19. The van der Waals surface area contributed by atoms with Gasteiger partial charge in [-0.2, -0.15) is 5.10 Å². The number of benzene rings is 2. The van der Waals surface area contributed by atoms with Crippen LogP contribution in [0.4, 0.5) is 8.78 Å². The summed E-state index contributed by atoms with van der Waals surface area (Å²) in [5, 5.41) is 7.40. The van der Waals surface area contributed by atoms with Gasteiger partial charge in [0.25, 0.3) is 5.56 Å². The van der Waals surface area contributed by atoms with E-state index in [-0.39, 0.29) is 53.9 Å². The summed E-state index contributed by atoms with van der Waals surface area (Å²) in [4.78, 5) is 29.2. The van der Waals surface area contributed by atoms with Crippen LogP contribution >= 0.6 is 11.6 Å². The summed E-state index contributed by atoms with van der Waals surface area (Å²) in [5.41, 5.74) is 1.01. The fraction of sp³-hybridized carbons (Fsp3) is 0.182. The fourth-order valence-electron chi connectivity index (χ4n) is 3.29. The monoisotopic (exact) mass is 457 g/mol. The smallest absolute Gasteiger partial charge is 0.264 e. The van der Waals surface area contributed by atoms with Crippen molar-refractivity contribution < 1.29 is 13.6 Å². The molecule has 4 aromatic rings. The molecular formula is C22H18ClF2N5O2. The topological polar surface area (TPSA) is 81.8 Å². The molecule has 0 aliphatic heterocycles. The summed E-state index contributed by atoms with van der Waals surface area (Å²) in [5.74, 6) is -1.27. The fourth-order valence-corrected chi connectivity index (χ4v) is 3.52. The van der Waals surface area contributed by atoms with Crippen LogP contribution in [0.3, 0.4) is 0 Å². The highest BCUT2D eigenvalue weighted by Gasteiger charge is 2.13. The van der Waals surface area contributed by atoms with Crippen molar-refractivity contribution >= 4 is 28.5 Å². The van der Waals surface area contributed by atoms with E-state index in [4.69, 9.17) is 11.6 Å². The molecule has 0 saturated carbocycles. The SMILES string of the molecule is O=C(Cc1c(F)cccc1Cl)NCCn1ncc2c(=O)n(Cc3ccc(F)cc3)cnc21. The molecule has 0 saturated heterocycles. The number of halogens is 3. The molecule has 1 N–H and O–H groups in total.